The monoisotopic (exact) mass is 279 g/mol. The van der Waals surface area contributed by atoms with Crippen LogP contribution in [-0.2, 0) is 11.3 Å². The Balaban J connectivity index is 2.12. The van der Waals surface area contributed by atoms with Gasteiger partial charge in [-0.15, -0.1) is 0 Å². The molecule has 7 heteroatoms. The molecule has 1 saturated heterocycles. The van der Waals surface area contributed by atoms with Crippen molar-refractivity contribution in [1.29, 1.82) is 0 Å². The Labute approximate surface area is 118 Å². The molecule has 0 saturated carbocycles. The number of likely N-dealkylation sites (N-methyl/N-ethyl adjacent to an activating group) is 1. The zero-order valence-electron chi connectivity index (χ0n) is 12.0. The van der Waals surface area contributed by atoms with Crippen LogP contribution in [0.4, 0.5) is 0 Å². The predicted octanol–water partition coefficient (Wildman–Crippen LogP) is -0.465. The van der Waals surface area contributed by atoms with Gasteiger partial charge in [-0.25, -0.2) is 4.98 Å². The molecular formula is C13H21N5O2. The number of likely N-dealkylation sites (tertiary alicyclic amines) is 1. The maximum absolute atomic E-state index is 12.5. The molecule has 0 bridgehead atoms. The van der Waals surface area contributed by atoms with E-state index in [1.165, 1.54) is 4.90 Å². The molecule has 1 aromatic rings. The zero-order chi connectivity index (χ0) is 14.7. The molecule has 2 N–H and O–H groups in total. The summed E-state index contributed by atoms with van der Waals surface area (Å²) in [6.07, 6.45) is 4.84. The largest absolute Gasteiger partial charge is 0.347 e. The molecule has 1 atom stereocenters. The van der Waals surface area contributed by atoms with Gasteiger partial charge in [-0.05, 0) is 12.8 Å². The van der Waals surface area contributed by atoms with Crippen LogP contribution >= 0.6 is 0 Å². The molecular weight excluding hydrogens is 258 g/mol. The molecule has 0 radical (unpaired) electrons. The minimum Gasteiger partial charge on any atom is -0.347 e. The highest BCUT2D eigenvalue weighted by atomic mass is 16.2. The molecule has 2 heterocycles. The second-order valence-electron chi connectivity index (χ2n) is 5.17. The highest BCUT2D eigenvalue weighted by molar-refractivity contribution is 5.96. The van der Waals surface area contributed by atoms with Gasteiger partial charge in [0, 0.05) is 39.9 Å². The molecule has 2 rings (SSSR count). The van der Waals surface area contributed by atoms with E-state index in [4.69, 9.17) is 5.73 Å². The van der Waals surface area contributed by atoms with Gasteiger partial charge in [-0.3, -0.25) is 9.59 Å². The molecule has 0 aliphatic carbocycles. The zero-order valence-corrected chi connectivity index (χ0v) is 12.0. The first-order valence-corrected chi connectivity index (χ1v) is 6.78. The second kappa shape index (κ2) is 6.04. The molecule has 1 aliphatic heterocycles. The Bertz CT molecular complexity index is 497. The van der Waals surface area contributed by atoms with Crippen molar-refractivity contribution in [1.82, 2.24) is 19.4 Å². The van der Waals surface area contributed by atoms with E-state index in [0.29, 0.717) is 31.7 Å². The van der Waals surface area contributed by atoms with Gasteiger partial charge < -0.3 is 20.1 Å². The van der Waals surface area contributed by atoms with Crippen LogP contribution in [0, 0.1) is 0 Å². The van der Waals surface area contributed by atoms with E-state index in [2.05, 4.69) is 4.98 Å². The maximum atomic E-state index is 12.5. The summed E-state index contributed by atoms with van der Waals surface area (Å²) < 4.78 is 1.78. The summed E-state index contributed by atoms with van der Waals surface area (Å²) in [5.41, 5.74) is 5.84. The third-order valence-corrected chi connectivity index (χ3v) is 3.48. The first-order valence-electron chi connectivity index (χ1n) is 6.78. The number of nitrogens with zero attached hydrogens (tertiary/aromatic N) is 4. The number of hydrogen-bond donors (Lipinski definition) is 1. The minimum absolute atomic E-state index is 0.0303. The van der Waals surface area contributed by atoms with Gasteiger partial charge in [0.2, 0.25) is 5.91 Å². The van der Waals surface area contributed by atoms with E-state index in [1.54, 1.807) is 36.1 Å². The van der Waals surface area contributed by atoms with Crippen molar-refractivity contribution in [3.8, 4) is 0 Å². The van der Waals surface area contributed by atoms with E-state index in [1.807, 2.05) is 0 Å². The first kappa shape index (κ1) is 14.5. The third kappa shape index (κ3) is 2.82. The van der Waals surface area contributed by atoms with Crippen molar-refractivity contribution in [2.75, 3.05) is 27.2 Å². The molecule has 2 amide bonds. The van der Waals surface area contributed by atoms with Gasteiger partial charge in [-0.1, -0.05) is 0 Å². The van der Waals surface area contributed by atoms with Crippen molar-refractivity contribution in [3.63, 3.8) is 0 Å². The standard InChI is InChI=1S/C13H21N5O2/c1-16(2)13(20)11-4-3-6-18(11)12(19)10-8-17(7-5-14)9-15-10/h8-9,11H,3-7,14H2,1-2H3. The van der Waals surface area contributed by atoms with Gasteiger partial charge in [0.05, 0.1) is 6.33 Å². The number of carbonyl (C=O) groups excluding carboxylic acids is 2. The predicted molar refractivity (Wildman–Crippen MR) is 74.0 cm³/mol. The Morgan fingerprint density at radius 3 is 2.90 bits per heavy atom. The molecule has 1 fully saturated rings. The molecule has 20 heavy (non-hydrogen) atoms. The van der Waals surface area contributed by atoms with Crippen LogP contribution < -0.4 is 5.73 Å². The van der Waals surface area contributed by atoms with Crippen LogP contribution in [0.3, 0.4) is 0 Å². The third-order valence-electron chi connectivity index (χ3n) is 3.48. The summed E-state index contributed by atoms with van der Waals surface area (Å²) in [6, 6.07) is -0.364. The molecule has 110 valence electrons. The Morgan fingerprint density at radius 2 is 2.25 bits per heavy atom. The highest BCUT2D eigenvalue weighted by Gasteiger charge is 2.35. The number of imidazole rings is 1. The van der Waals surface area contributed by atoms with Gasteiger partial charge in [0.1, 0.15) is 11.7 Å². The van der Waals surface area contributed by atoms with E-state index < -0.39 is 0 Å². The van der Waals surface area contributed by atoms with Crippen molar-refractivity contribution in [2.45, 2.75) is 25.4 Å². The summed E-state index contributed by atoms with van der Waals surface area (Å²) in [6.45, 7) is 1.72. The number of hydrogen-bond acceptors (Lipinski definition) is 4. The highest BCUT2D eigenvalue weighted by Crippen LogP contribution is 2.20. The number of rotatable bonds is 4. The summed E-state index contributed by atoms with van der Waals surface area (Å²) in [5.74, 6) is -0.212. The fraction of sp³-hybridized carbons (Fsp3) is 0.615. The minimum atomic E-state index is -0.364. The Hall–Kier alpha value is -1.89. The SMILES string of the molecule is CN(C)C(=O)C1CCCN1C(=O)c1cn(CCN)cn1. The van der Waals surface area contributed by atoms with Crippen LogP contribution in [0.15, 0.2) is 12.5 Å². The summed E-state index contributed by atoms with van der Waals surface area (Å²) in [4.78, 5) is 31.8. The number of nitrogens with two attached hydrogens (primary N) is 1. The molecule has 0 spiro atoms. The van der Waals surface area contributed by atoms with E-state index in [9.17, 15) is 9.59 Å². The van der Waals surface area contributed by atoms with Crippen LogP contribution in [0.1, 0.15) is 23.3 Å². The Morgan fingerprint density at radius 1 is 1.50 bits per heavy atom. The molecule has 1 unspecified atom stereocenters. The van der Waals surface area contributed by atoms with Crippen molar-refractivity contribution >= 4 is 11.8 Å². The van der Waals surface area contributed by atoms with Crippen molar-refractivity contribution < 1.29 is 9.59 Å². The van der Waals surface area contributed by atoms with Crippen molar-refractivity contribution in [3.05, 3.63) is 18.2 Å². The smallest absolute Gasteiger partial charge is 0.274 e. The fourth-order valence-electron chi connectivity index (χ4n) is 2.45. The van der Waals surface area contributed by atoms with Gasteiger partial charge >= 0.3 is 0 Å². The summed E-state index contributed by atoms with van der Waals surface area (Å²) >= 11 is 0. The number of carbonyl (C=O) groups is 2. The van der Waals surface area contributed by atoms with Gasteiger partial charge in [0.25, 0.3) is 5.91 Å². The average molecular weight is 279 g/mol. The van der Waals surface area contributed by atoms with Gasteiger partial charge in [0.15, 0.2) is 0 Å². The molecule has 1 aliphatic rings. The summed E-state index contributed by atoms with van der Waals surface area (Å²) in [5, 5.41) is 0. The first-order chi connectivity index (χ1) is 9.54. The van der Waals surface area contributed by atoms with Crippen LogP contribution in [0.2, 0.25) is 0 Å². The number of aromatic nitrogens is 2. The Kier molecular flexibility index (Phi) is 4.39. The summed E-state index contributed by atoms with van der Waals surface area (Å²) in [7, 11) is 3.42. The molecule has 1 aromatic heterocycles. The maximum Gasteiger partial charge on any atom is 0.274 e. The lowest BCUT2D eigenvalue weighted by atomic mass is 10.2. The van der Waals surface area contributed by atoms with E-state index >= 15 is 0 Å². The average Bonchev–Trinajstić information content (AvgIpc) is 3.06. The quantitative estimate of drug-likeness (QED) is 0.808. The molecule has 0 aromatic carbocycles. The lowest BCUT2D eigenvalue weighted by molar-refractivity contribution is -0.132. The van der Waals surface area contributed by atoms with Crippen LogP contribution in [0.5, 0.6) is 0 Å². The lowest BCUT2D eigenvalue weighted by Crippen LogP contribution is -2.45. The fourth-order valence-corrected chi connectivity index (χ4v) is 2.45. The van der Waals surface area contributed by atoms with Gasteiger partial charge in [-0.2, -0.15) is 0 Å². The van der Waals surface area contributed by atoms with E-state index in [-0.39, 0.29) is 17.9 Å². The van der Waals surface area contributed by atoms with E-state index in [0.717, 1.165) is 6.42 Å². The number of amides is 2. The lowest BCUT2D eigenvalue weighted by Gasteiger charge is -2.25. The van der Waals surface area contributed by atoms with Crippen LogP contribution in [-0.4, -0.2) is 64.4 Å². The normalized spacial score (nSPS) is 18.4. The van der Waals surface area contributed by atoms with Crippen LogP contribution in [0.25, 0.3) is 0 Å². The topological polar surface area (TPSA) is 84.5 Å². The van der Waals surface area contributed by atoms with Crippen molar-refractivity contribution in [2.24, 2.45) is 5.73 Å². The second-order valence-corrected chi connectivity index (χ2v) is 5.17. The molecule has 7 nitrogen and oxygen atoms in total.